The number of amides is 1. The fraction of sp³-hybridized carbons (Fsp3) is 0.240. The number of carbonyl (C=O) groups excluding carboxylic acids is 1. The van der Waals surface area contributed by atoms with E-state index in [1.165, 1.54) is 22.9 Å². The molecule has 0 spiro atoms. The molecule has 1 aromatic heterocycles. The molecule has 2 aromatic carbocycles. The average Bonchev–Trinajstić information content (AvgIpc) is 3.20. The van der Waals surface area contributed by atoms with Gasteiger partial charge in [-0.15, -0.1) is 0 Å². The Kier molecular flexibility index (Phi) is 5.73. The molecular formula is C25H27N3OS. The summed E-state index contributed by atoms with van der Waals surface area (Å²) in [5.41, 5.74) is 7.86. The van der Waals surface area contributed by atoms with E-state index in [2.05, 4.69) is 97.5 Å². The summed E-state index contributed by atoms with van der Waals surface area (Å²) in [6.07, 6.45) is 3.01. The van der Waals surface area contributed by atoms with E-state index in [0.717, 1.165) is 39.7 Å². The van der Waals surface area contributed by atoms with Crippen LogP contribution in [-0.2, 0) is 11.2 Å². The first-order valence-electron chi connectivity index (χ1n) is 10.3. The van der Waals surface area contributed by atoms with Gasteiger partial charge < -0.3 is 15.2 Å². The van der Waals surface area contributed by atoms with Crippen LogP contribution in [0.4, 0.5) is 5.69 Å². The van der Waals surface area contributed by atoms with Crippen LogP contribution in [0, 0.1) is 20.8 Å². The topological polar surface area (TPSA) is 46.1 Å². The Bertz CT molecular complexity index is 1110. The summed E-state index contributed by atoms with van der Waals surface area (Å²) in [5, 5.41) is 6.41. The maximum absolute atomic E-state index is 12.6. The van der Waals surface area contributed by atoms with Gasteiger partial charge in [0.25, 0.3) is 5.91 Å². The smallest absolute Gasteiger partial charge is 0.260 e. The van der Waals surface area contributed by atoms with Gasteiger partial charge in [0, 0.05) is 22.8 Å². The number of aromatic nitrogens is 1. The second kappa shape index (κ2) is 8.44. The first-order chi connectivity index (χ1) is 14.4. The quantitative estimate of drug-likeness (QED) is 0.534. The molecule has 0 bridgehead atoms. The van der Waals surface area contributed by atoms with Crippen LogP contribution in [0.1, 0.15) is 35.0 Å². The molecule has 2 N–H and O–H groups in total. The van der Waals surface area contributed by atoms with Gasteiger partial charge >= 0.3 is 0 Å². The summed E-state index contributed by atoms with van der Waals surface area (Å²) >= 11 is 1.52. The van der Waals surface area contributed by atoms with Gasteiger partial charge in [0.15, 0.2) is 5.50 Å². The molecule has 0 unspecified atom stereocenters. The molecule has 0 saturated carbocycles. The van der Waals surface area contributed by atoms with E-state index in [9.17, 15) is 4.79 Å². The van der Waals surface area contributed by atoms with Crippen molar-refractivity contribution in [2.45, 2.75) is 39.6 Å². The van der Waals surface area contributed by atoms with Gasteiger partial charge in [-0.05, 0) is 80.3 Å². The Morgan fingerprint density at radius 2 is 1.87 bits per heavy atom. The van der Waals surface area contributed by atoms with Crippen LogP contribution in [0.5, 0.6) is 0 Å². The second-order valence-corrected chi connectivity index (χ2v) is 8.82. The summed E-state index contributed by atoms with van der Waals surface area (Å²) in [4.78, 5) is 13.3. The molecule has 4 rings (SSSR count). The number of nitrogens with one attached hydrogen (secondary N) is 2. The van der Waals surface area contributed by atoms with Crippen LogP contribution in [0.15, 0.2) is 59.5 Å². The van der Waals surface area contributed by atoms with E-state index in [0.29, 0.717) is 0 Å². The number of nitrogens with zero attached hydrogens (tertiary/aromatic N) is 1. The molecule has 0 aliphatic carbocycles. The minimum absolute atomic E-state index is 0.0389. The van der Waals surface area contributed by atoms with Crippen molar-refractivity contribution in [2.24, 2.45) is 0 Å². The van der Waals surface area contributed by atoms with E-state index >= 15 is 0 Å². The summed E-state index contributed by atoms with van der Waals surface area (Å²) < 4.78 is 2.24. The maximum Gasteiger partial charge on any atom is 0.260 e. The van der Waals surface area contributed by atoms with E-state index < -0.39 is 0 Å². The van der Waals surface area contributed by atoms with Crippen molar-refractivity contribution in [1.82, 2.24) is 9.88 Å². The fourth-order valence-corrected chi connectivity index (χ4v) is 4.77. The van der Waals surface area contributed by atoms with Gasteiger partial charge in [-0.1, -0.05) is 43.0 Å². The van der Waals surface area contributed by atoms with Crippen molar-refractivity contribution in [3.05, 3.63) is 87.6 Å². The highest BCUT2D eigenvalue weighted by Crippen LogP contribution is 2.32. The molecule has 5 heteroatoms. The third-order valence-corrected chi connectivity index (χ3v) is 6.44. The summed E-state index contributed by atoms with van der Waals surface area (Å²) in [5.74, 6) is -0.0389. The number of thioether (sulfide) groups is 1. The fourth-order valence-electron chi connectivity index (χ4n) is 3.79. The first-order valence-corrected chi connectivity index (χ1v) is 11.1. The van der Waals surface area contributed by atoms with E-state index in [1.54, 1.807) is 0 Å². The van der Waals surface area contributed by atoms with Gasteiger partial charge in [-0.25, -0.2) is 0 Å². The monoisotopic (exact) mass is 417 g/mol. The number of benzene rings is 2. The van der Waals surface area contributed by atoms with Crippen LogP contribution >= 0.6 is 11.8 Å². The predicted molar refractivity (Wildman–Crippen MR) is 127 cm³/mol. The Balaban J connectivity index is 1.55. The van der Waals surface area contributed by atoms with Crippen LogP contribution in [0.3, 0.4) is 0 Å². The number of aryl methyl sites for hydroxylation is 3. The molecule has 30 heavy (non-hydrogen) atoms. The highest BCUT2D eigenvalue weighted by Gasteiger charge is 2.27. The number of rotatable bonds is 5. The summed E-state index contributed by atoms with van der Waals surface area (Å²) in [7, 11) is 0. The zero-order valence-corrected chi connectivity index (χ0v) is 18.6. The molecular weight excluding hydrogens is 390 g/mol. The van der Waals surface area contributed by atoms with Crippen molar-refractivity contribution in [3.63, 3.8) is 0 Å². The second-order valence-electron chi connectivity index (χ2n) is 7.68. The van der Waals surface area contributed by atoms with Crippen molar-refractivity contribution in [2.75, 3.05) is 5.32 Å². The van der Waals surface area contributed by atoms with Crippen LogP contribution in [0.2, 0.25) is 0 Å². The first kappa shape index (κ1) is 20.4. The third-order valence-electron chi connectivity index (χ3n) is 5.41. The Hall–Kier alpha value is -2.92. The molecule has 1 atom stereocenters. The minimum Gasteiger partial charge on any atom is -0.357 e. The highest BCUT2D eigenvalue weighted by molar-refractivity contribution is 8.05. The predicted octanol–water partition coefficient (Wildman–Crippen LogP) is 5.56. The van der Waals surface area contributed by atoms with Crippen LogP contribution in [-0.4, -0.2) is 16.0 Å². The zero-order valence-electron chi connectivity index (χ0n) is 17.8. The van der Waals surface area contributed by atoms with Crippen molar-refractivity contribution < 1.29 is 4.79 Å². The lowest BCUT2D eigenvalue weighted by Gasteiger charge is -2.12. The molecule has 1 fully saturated rings. The van der Waals surface area contributed by atoms with Gasteiger partial charge in [-0.3, -0.25) is 4.79 Å². The standard InChI is InChI=1S/C25H27N3OS/c1-5-19-9-11-21(12-10-19)26-25-27-24(29)23(30-25)15-20-14-17(3)28(18(20)4)22-8-6-7-16(2)13-22/h6-15,25-26H,5H2,1-4H3,(H,27,29)/b23-15-/t25-/m0/s1. The Morgan fingerprint density at radius 1 is 1.10 bits per heavy atom. The lowest BCUT2D eigenvalue weighted by molar-refractivity contribution is -0.116. The van der Waals surface area contributed by atoms with Gasteiger partial charge in [-0.2, -0.15) is 0 Å². The summed E-state index contributed by atoms with van der Waals surface area (Å²) in [6, 6.07) is 19.0. The average molecular weight is 418 g/mol. The molecule has 154 valence electrons. The molecule has 0 radical (unpaired) electrons. The normalized spacial score (nSPS) is 17.4. The molecule has 4 nitrogen and oxygen atoms in total. The number of hydrogen-bond donors (Lipinski definition) is 2. The Morgan fingerprint density at radius 3 is 2.57 bits per heavy atom. The van der Waals surface area contributed by atoms with E-state index in [1.807, 2.05) is 6.08 Å². The maximum atomic E-state index is 12.6. The van der Waals surface area contributed by atoms with Crippen LogP contribution in [0.25, 0.3) is 11.8 Å². The third kappa shape index (κ3) is 4.17. The number of hydrogen-bond acceptors (Lipinski definition) is 3. The molecule has 1 aliphatic heterocycles. The molecule has 2 heterocycles. The SMILES string of the molecule is CCc1ccc(N[C@H]2NC(=O)/C(=C/c3cc(C)n(-c4cccc(C)c4)c3C)S2)cc1. The van der Waals surface area contributed by atoms with E-state index in [4.69, 9.17) is 0 Å². The lowest BCUT2D eigenvalue weighted by Crippen LogP contribution is -2.30. The summed E-state index contributed by atoms with van der Waals surface area (Å²) in [6.45, 7) is 8.44. The Labute approximate surface area is 182 Å². The molecule has 1 amide bonds. The van der Waals surface area contributed by atoms with Crippen molar-refractivity contribution in [1.29, 1.82) is 0 Å². The van der Waals surface area contributed by atoms with Crippen molar-refractivity contribution in [3.8, 4) is 5.69 Å². The number of anilines is 1. The van der Waals surface area contributed by atoms with Crippen molar-refractivity contribution >= 4 is 29.4 Å². The van der Waals surface area contributed by atoms with Crippen LogP contribution < -0.4 is 10.6 Å². The lowest BCUT2D eigenvalue weighted by atomic mass is 10.1. The highest BCUT2D eigenvalue weighted by atomic mass is 32.2. The van der Waals surface area contributed by atoms with E-state index in [-0.39, 0.29) is 11.4 Å². The minimum atomic E-state index is -0.170. The van der Waals surface area contributed by atoms with Gasteiger partial charge in [0.05, 0.1) is 4.91 Å². The zero-order chi connectivity index (χ0) is 21.3. The molecule has 3 aromatic rings. The number of carbonyl (C=O) groups is 1. The molecule has 1 saturated heterocycles. The van der Waals surface area contributed by atoms with Gasteiger partial charge in [0.2, 0.25) is 0 Å². The molecule has 1 aliphatic rings. The van der Waals surface area contributed by atoms with Gasteiger partial charge in [0.1, 0.15) is 0 Å². The largest absolute Gasteiger partial charge is 0.357 e.